The Hall–Kier alpha value is -0.510. The third kappa shape index (κ3) is 3.64. The van der Waals surface area contributed by atoms with E-state index in [1.165, 1.54) is 51.0 Å². The first kappa shape index (κ1) is 15.4. The van der Waals surface area contributed by atoms with E-state index in [-0.39, 0.29) is 0 Å². The number of rotatable bonds is 5. The van der Waals surface area contributed by atoms with E-state index in [4.69, 9.17) is 0 Å². The van der Waals surface area contributed by atoms with Crippen LogP contribution in [0.2, 0.25) is 0 Å². The molecule has 0 bridgehead atoms. The van der Waals surface area contributed by atoms with Crippen LogP contribution in [0.4, 0.5) is 0 Å². The average molecular weight is 305 g/mol. The number of piperazine rings is 1. The summed E-state index contributed by atoms with van der Waals surface area (Å²) in [5, 5.41) is 0.767. The van der Waals surface area contributed by atoms with Gasteiger partial charge in [-0.05, 0) is 44.2 Å². The van der Waals surface area contributed by atoms with Gasteiger partial charge in [0.05, 0.1) is 0 Å². The summed E-state index contributed by atoms with van der Waals surface area (Å²) in [6, 6.07) is 12.5. The highest BCUT2D eigenvalue weighted by atomic mass is 32.2. The fraction of sp³-hybridized carbons (Fsp3) is 0.667. The normalized spacial score (nSPS) is 28.5. The van der Waals surface area contributed by atoms with Gasteiger partial charge in [-0.15, -0.1) is 0 Å². The molecule has 116 valence electrons. The molecule has 0 saturated carbocycles. The van der Waals surface area contributed by atoms with Crippen LogP contribution in [-0.4, -0.2) is 53.5 Å². The molecule has 3 atom stereocenters. The van der Waals surface area contributed by atoms with Gasteiger partial charge >= 0.3 is 0 Å². The Morgan fingerprint density at radius 1 is 1.24 bits per heavy atom. The minimum atomic E-state index is 0.592. The summed E-state index contributed by atoms with van der Waals surface area (Å²) in [6.45, 7) is 7.39. The third-order valence-corrected chi connectivity index (χ3v) is 6.24. The molecular weight excluding hydrogens is 276 g/mol. The van der Waals surface area contributed by atoms with Crippen LogP contribution < -0.4 is 0 Å². The van der Waals surface area contributed by atoms with E-state index in [0.29, 0.717) is 6.04 Å². The quantitative estimate of drug-likeness (QED) is 0.820. The van der Waals surface area contributed by atoms with Crippen LogP contribution in [0.3, 0.4) is 0 Å². The standard InChI is InChI=1S/C18H28N2S/c1-15(21-2)10-12-20-13-17-9-6-11-19(17)14-18(20)16-7-4-3-5-8-16/h3-5,7-8,15,17-18H,6,9-14H2,1-2H3. The molecule has 1 aromatic rings. The van der Waals surface area contributed by atoms with Gasteiger partial charge in [0, 0.05) is 30.4 Å². The Bertz CT molecular complexity index is 436. The van der Waals surface area contributed by atoms with Gasteiger partial charge < -0.3 is 0 Å². The predicted molar refractivity (Wildman–Crippen MR) is 92.9 cm³/mol. The number of nitrogens with zero attached hydrogens (tertiary/aromatic N) is 2. The van der Waals surface area contributed by atoms with Gasteiger partial charge in [0.25, 0.3) is 0 Å². The Kier molecular flexibility index (Phi) is 5.25. The molecule has 0 spiro atoms. The molecule has 2 nitrogen and oxygen atoms in total. The van der Waals surface area contributed by atoms with Crippen LogP contribution in [0.15, 0.2) is 30.3 Å². The van der Waals surface area contributed by atoms with Gasteiger partial charge in [-0.1, -0.05) is 37.3 Å². The maximum absolute atomic E-state index is 2.76. The number of hydrogen-bond donors (Lipinski definition) is 0. The topological polar surface area (TPSA) is 6.48 Å². The molecule has 3 rings (SSSR count). The number of thioether (sulfide) groups is 1. The smallest absolute Gasteiger partial charge is 0.0475 e. The fourth-order valence-corrected chi connectivity index (χ4v) is 4.12. The molecule has 1 aromatic carbocycles. The molecule has 2 saturated heterocycles. The summed E-state index contributed by atoms with van der Waals surface area (Å²) in [4.78, 5) is 5.49. The van der Waals surface area contributed by atoms with E-state index in [9.17, 15) is 0 Å². The van der Waals surface area contributed by atoms with Crippen molar-refractivity contribution < 1.29 is 0 Å². The lowest BCUT2D eigenvalue weighted by atomic mass is 9.99. The Labute approximate surface area is 133 Å². The van der Waals surface area contributed by atoms with Crippen LogP contribution in [0.5, 0.6) is 0 Å². The molecule has 0 radical (unpaired) electrons. The van der Waals surface area contributed by atoms with Crippen LogP contribution in [0, 0.1) is 0 Å². The SMILES string of the molecule is CSC(C)CCN1CC2CCCN2CC1c1ccccc1. The first-order valence-electron chi connectivity index (χ1n) is 8.33. The molecule has 0 amide bonds. The number of fused-ring (bicyclic) bond motifs is 1. The summed E-state index contributed by atoms with van der Waals surface area (Å²) in [7, 11) is 0. The molecular formula is C18H28N2S. The highest BCUT2D eigenvalue weighted by molar-refractivity contribution is 7.99. The van der Waals surface area contributed by atoms with Gasteiger partial charge in [-0.2, -0.15) is 11.8 Å². The highest BCUT2D eigenvalue weighted by Gasteiger charge is 2.36. The number of benzene rings is 1. The highest BCUT2D eigenvalue weighted by Crippen LogP contribution is 2.32. The van der Waals surface area contributed by atoms with Crippen LogP contribution in [0.1, 0.15) is 37.8 Å². The van der Waals surface area contributed by atoms with Crippen LogP contribution >= 0.6 is 11.8 Å². The lowest BCUT2D eigenvalue weighted by molar-refractivity contribution is 0.0498. The average Bonchev–Trinajstić information content (AvgIpc) is 2.99. The molecule has 2 heterocycles. The zero-order chi connectivity index (χ0) is 14.7. The van der Waals surface area contributed by atoms with Gasteiger partial charge in [-0.25, -0.2) is 0 Å². The van der Waals surface area contributed by atoms with Crippen molar-refractivity contribution in [3.05, 3.63) is 35.9 Å². The minimum Gasteiger partial charge on any atom is -0.297 e. The molecule has 2 aliphatic heterocycles. The van der Waals surface area contributed by atoms with Crippen molar-refractivity contribution in [1.29, 1.82) is 0 Å². The lowest BCUT2D eigenvalue weighted by Crippen LogP contribution is -2.52. The Morgan fingerprint density at radius 2 is 2.05 bits per heavy atom. The van der Waals surface area contributed by atoms with Crippen molar-refractivity contribution in [3.8, 4) is 0 Å². The maximum Gasteiger partial charge on any atom is 0.0475 e. The fourth-order valence-electron chi connectivity index (χ4n) is 3.78. The second-order valence-electron chi connectivity index (χ2n) is 6.55. The van der Waals surface area contributed by atoms with E-state index in [1.807, 2.05) is 11.8 Å². The van der Waals surface area contributed by atoms with Gasteiger partial charge in [-0.3, -0.25) is 9.80 Å². The second-order valence-corrected chi connectivity index (χ2v) is 7.82. The molecule has 2 aliphatic rings. The van der Waals surface area contributed by atoms with Crippen molar-refractivity contribution in [2.24, 2.45) is 0 Å². The maximum atomic E-state index is 2.76. The summed E-state index contributed by atoms with van der Waals surface area (Å²) < 4.78 is 0. The third-order valence-electron chi connectivity index (χ3n) is 5.20. The zero-order valence-electron chi connectivity index (χ0n) is 13.4. The molecule has 0 aliphatic carbocycles. The molecule has 3 unspecified atom stereocenters. The summed E-state index contributed by atoms with van der Waals surface area (Å²) in [6.07, 6.45) is 6.32. The molecule has 2 fully saturated rings. The van der Waals surface area contributed by atoms with Crippen molar-refractivity contribution in [2.45, 2.75) is 43.5 Å². The van der Waals surface area contributed by atoms with Crippen LogP contribution in [0.25, 0.3) is 0 Å². The van der Waals surface area contributed by atoms with E-state index in [1.54, 1.807) is 0 Å². The molecule has 3 heteroatoms. The minimum absolute atomic E-state index is 0.592. The van der Waals surface area contributed by atoms with Crippen molar-refractivity contribution in [3.63, 3.8) is 0 Å². The van der Waals surface area contributed by atoms with Gasteiger partial charge in [0.15, 0.2) is 0 Å². The van der Waals surface area contributed by atoms with E-state index in [2.05, 4.69) is 53.3 Å². The summed E-state index contributed by atoms with van der Waals surface area (Å²) in [5.41, 5.74) is 1.50. The predicted octanol–water partition coefficient (Wildman–Crippen LogP) is 3.65. The summed E-state index contributed by atoms with van der Waals surface area (Å²) >= 11 is 1.99. The first-order chi connectivity index (χ1) is 10.3. The molecule has 21 heavy (non-hydrogen) atoms. The molecule has 0 N–H and O–H groups in total. The van der Waals surface area contributed by atoms with E-state index >= 15 is 0 Å². The first-order valence-corrected chi connectivity index (χ1v) is 9.62. The second kappa shape index (κ2) is 7.17. The van der Waals surface area contributed by atoms with Crippen molar-refractivity contribution >= 4 is 11.8 Å². The zero-order valence-corrected chi connectivity index (χ0v) is 14.2. The largest absolute Gasteiger partial charge is 0.297 e. The molecule has 0 aromatic heterocycles. The van der Waals surface area contributed by atoms with Gasteiger partial charge in [0.2, 0.25) is 0 Å². The van der Waals surface area contributed by atoms with E-state index < -0.39 is 0 Å². The monoisotopic (exact) mass is 304 g/mol. The lowest BCUT2D eigenvalue weighted by Gasteiger charge is -2.44. The Balaban J connectivity index is 1.72. The van der Waals surface area contributed by atoms with Crippen molar-refractivity contribution in [2.75, 3.05) is 32.4 Å². The van der Waals surface area contributed by atoms with Gasteiger partial charge in [0.1, 0.15) is 0 Å². The Morgan fingerprint density at radius 3 is 2.81 bits per heavy atom. The summed E-state index contributed by atoms with van der Waals surface area (Å²) in [5.74, 6) is 0. The van der Waals surface area contributed by atoms with Crippen LogP contribution in [-0.2, 0) is 0 Å². The van der Waals surface area contributed by atoms with Crippen molar-refractivity contribution in [1.82, 2.24) is 9.80 Å². The number of hydrogen-bond acceptors (Lipinski definition) is 3. The van der Waals surface area contributed by atoms with E-state index in [0.717, 1.165) is 11.3 Å².